The number of ether oxygens (including phenoxy) is 1. The van der Waals surface area contributed by atoms with Gasteiger partial charge >= 0.3 is 0 Å². The van der Waals surface area contributed by atoms with E-state index in [1.165, 1.54) is 0 Å². The largest absolute Gasteiger partial charge is 0.489 e. The monoisotopic (exact) mass is 258 g/mol. The van der Waals surface area contributed by atoms with Gasteiger partial charge in [0.1, 0.15) is 11.9 Å². The summed E-state index contributed by atoms with van der Waals surface area (Å²) in [5.74, 6) is 0.884. The highest BCUT2D eigenvalue weighted by Gasteiger charge is 2.17. The van der Waals surface area contributed by atoms with Crippen molar-refractivity contribution < 1.29 is 4.74 Å². The highest BCUT2D eigenvalue weighted by molar-refractivity contribution is 5.86. The van der Waals surface area contributed by atoms with Crippen molar-refractivity contribution in [3.63, 3.8) is 0 Å². The summed E-state index contributed by atoms with van der Waals surface area (Å²) >= 11 is 0. The Hall–Kier alpha value is -1.81. The van der Waals surface area contributed by atoms with Crippen LogP contribution in [0.1, 0.15) is 17.5 Å². The van der Waals surface area contributed by atoms with Crippen molar-refractivity contribution in [2.24, 2.45) is 0 Å². The lowest BCUT2D eigenvalue weighted by atomic mass is 10.1. The van der Waals surface area contributed by atoms with Crippen LogP contribution in [0.5, 0.6) is 5.75 Å². The maximum atomic E-state index is 11.8. The van der Waals surface area contributed by atoms with Crippen molar-refractivity contribution in [1.29, 1.82) is 0 Å². The van der Waals surface area contributed by atoms with Gasteiger partial charge < -0.3 is 15.0 Å². The van der Waals surface area contributed by atoms with Crippen LogP contribution in [0.25, 0.3) is 10.8 Å². The number of rotatable bonds is 2. The summed E-state index contributed by atoms with van der Waals surface area (Å²) in [5.41, 5.74) is 2.03. The van der Waals surface area contributed by atoms with Gasteiger partial charge in [-0.1, -0.05) is 0 Å². The Kier molecular flexibility index (Phi) is 3.03. The summed E-state index contributed by atoms with van der Waals surface area (Å²) in [6.07, 6.45) is 3.02. The van der Waals surface area contributed by atoms with Crippen molar-refractivity contribution in [1.82, 2.24) is 10.3 Å². The number of aryl methyl sites for hydroxylation is 2. The van der Waals surface area contributed by atoms with Crippen LogP contribution >= 0.6 is 0 Å². The molecule has 0 aliphatic carbocycles. The summed E-state index contributed by atoms with van der Waals surface area (Å²) < 4.78 is 6.03. The van der Waals surface area contributed by atoms with Crippen molar-refractivity contribution in [3.05, 3.63) is 39.8 Å². The predicted molar refractivity (Wildman–Crippen MR) is 75.9 cm³/mol. The van der Waals surface area contributed by atoms with E-state index in [0.717, 1.165) is 47.2 Å². The lowest BCUT2D eigenvalue weighted by Gasteiger charge is -2.15. The molecule has 100 valence electrons. The molecule has 4 nitrogen and oxygen atoms in total. The van der Waals surface area contributed by atoms with E-state index in [0.29, 0.717) is 0 Å². The number of nitrogens with one attached hydrogen (secondary N) is 2. The molecule has 1 fully saturated rings. The molecule has 0 amide bonds. The fourth-order valence-corrected chi connectivity index (χ4v) is 2.57. The van der Waals surface area contributed by atoms with Crippen LogP contribution in [0.4, 0.5) is 0 Å². The average Bonchev–Trinajstić information content (AvgIpc) is 2.89. The zero-order valence-corrected chi connectivity index (χ0v) is 11.2. The van der Waals surface area contributed by atoms with Crippen LogP contribution in [-0.4, -0.2) is 24.2 Å². The number of aromatic amines is 1. The van der Waals surface area contributed by atoms with Gasteiger partial charge in [0, 0.05) is 18.1 Å². The summed E-state index contributed by atoms with van der Waals surface area (Å²) in [5, 5.41) is 4.99. The third kappa shape index (κ3) is 2.24. The van der Waals surface area contributed by atoms with Crippen molar-refractivity contribution in [2.45, 2.75) is 26.4 Å². The highest BCUT2D eigenvalue weighted by atomic mass is 16.5. The number of pyridine rings is 1. The molecular formula is C15H18N2O2. The molecular weight excluding hydrogens is 240 g/mol. The number of hydrogen-bond acceptors (Lipinski definition) is 3. The minimum atomic E-state index is -0.0437. The van der Waals surface area contributed by atoms with Gasteiger partial charge in [0.15, 0.2) is 0 Å². The van der Waals surface area contributed by atoms with Crippen LogP contribution in [-0.2, 0) is 0 Å². The zero-order chi connectivity index (χ0) is 13.4. The van der Waals surface area contributed by atoms with Crippen LogP contribution in [0.3, 0.4) is 0 Å². The molecule has 2 heterocycles. The summed E-state index contributed by atoms with van der Waals surface area (Å²) in [7, 11) is 0. The molecule has 0 saturated carbocycles. The smallest absolute Gasteiger partial charge is 0.255 e. The maximum Gasteiger partial charge on any atom is 0.255 e. The molecule has 1 aromatic carbocycles. The van der Waals surface area contributed by atoms with Crippen LogP contribution < -0.4 is 15.6 Å². The van der Waals surface area contributed by atoms with Crippen molar-refractivity contribution >= 4 is 10.8 Å². The van der Waals surface area contributed by atoms with E-state index in [1.807, 2.05) is 26.0 Å². The quantitative estimate of drug-likeness (QED) is 0.865. The molecule has 1 atom stereocenters. The molecule has 19 heavy (non-hydrogen) atoms. The SMILES string of the molecule is Cc1cc2c(=O)[nH]cc(C)c2cc1O[C@H]1CCNC1. The lowest BCUT2D eigenvalue weighted by molar-refractivity contribution is 0.222. The number of aromatic nitrogens is 1. The molecule has 1 aromatic heterocycles. The van der Waals surface area contributed by atoms with Crippen molar-refractivity contribution in [3.8, 4) is 5.75 Å². The van der Waals surface area contributed by atoms with Gasteiger partial charge in [-0.2, -0.15) is 0 Å². The molecule has 1 aliphatic rings. The normalized spacial score (nSPS) is 18.9. The number of hydrogen-bond donors (Lipinski definition) is 2. The van der Waals surface area contributed by atoms with E-state index in [4.69, 9.17) is 4.74 Å². The molecule has 2 aromatic rings. The van der Waals surface area contributed by atoms with E-state index in [1.54, 1.807) is 6.20 Å². The molecule has 3 rings (SSSR count). The molecule has 1 aliphatic heterocycles. The van der Waals surface area contributed by atoms with E-state index in [2.05, 4.69) is 10.3 Å². The molecule has 4 heteroatoms. The van der Waals surface area contributed by atoms with Gasteiger partial charge in [-0.05, 0) is 55.5 Å². The van der Waals surface area contributed by atoms with Gasteiger partial charge in [0.25, 0.3) is 5.56 Å². The number of benzene rings is 1. The van der Waals surface area contributed by atoms with Gasteiger partial charge in [-0.25, -0.2) is 0 Å². The molecule has 0 spiro atoms. The first-order valence-corrected chi connectivity index (χ1v) is 6.65. The van der Waals surface area contributed by atoms with E-state index >= 15 is 0 Å². The predicted octanol–water partition coefficient (Wildman–Crippen LogP) is 1.89. The first-order chi connectivity index (χ1) is 9.15. The Balaban J connectivity index is 2.07. The standard InChI is InChI=1S/C15H18N2O2/c1-9-5-13-12(10(2)7-17-15(13)18)6-14(9)19-11-3-4-16-8-11/h5-7,11,16H,3-4,8H2,1-2H3,(H,17,18)/t11-/m0/s1. The molecule has 0 bridgehead atoms. The van der Waals surface area contributed by atoms with Crippen LogP contribution in [0.15, 0.2) is 23.1 Å². The maximum absolute atomic E-state index is 11.8. The van der Waals surface area contributed by atoms with Gasteiger partial charge in [-0.3, -0.25) is 4.79 Å². The summed E-state index contributed by atoms with van der Waals surface area (Å²) in [6, 6.07) is 3.91. The molecule has 1 saturated heterocycles. The molecule has 0 radical (unpaired) electrons. The first-order valence-electron chi connectivity index (χ1n) is 6.65. The second-order valence-corrected chi connectivity index (χ2v) is 5.20. The Morgan fingerprint density at radius 2 is 2.05 bits per heavy atom. The van der Waals surface area contributed by atoms with Gasteiger partial charge in [0.05, 0.1) is 0 Å². The Morgan fingerprint density at radius 1 is 1.21 bits per heavy atom. The fourth-order valence-electron chi connectivity index (χ4n) is 2.57. The minimum absolute atomic E-state index is 0.0437. The van der Waals surface area contributed by atoms with E-state index < -0.39 is 0 Å². The Morgan fingerprint density at radius 3 is 2.79 bits per heavy atom. The zero-order valence-electron chi connectivity index (χ0n) is 11.2. The van der Waals surface area contributed by atoms with Gasteiger partial charge in [0.2, 0.25) is 0 Å². The summed E-state index contributed by atoms with van der Waals surface area (Å²) in [6.45, 7) is 5.88. The van der Waals surface area contributed by atoms with E-state index in [-0.39, 0.29) is 11.7 Å². The topological polar surface area (TPSA) is 54.1 Å². The molecule has 2 N–H and O–H groups in total. The van der Waals surface area contributed by atoms with Crippen LogP contribution in [0.2, 0.25) is 0 Å². The lowest BCUT2D eigenvalue weighted by Crippen LogP contribution is -2.20. The third-order valence-corrected chi connectivity index (χ3v) is 3.71. The number of H-pyrrole nitrogens is 1. The Labute approximate surface area is 111 Å². The second-order valence-electron chi connectivity index (χ2n) is 5.20. The van der Waals surface area contributed by atoms with Gasteiger partial charge in [-0.15, -0.1) is 0 Å². The third-order valence-electron chi connectivity index (χ3n) is 3.71. The Bertz CT molecular complexity index is 670. The van der Waals surface area contributed by atoms with Crippen molar-refractivity contribution in [2.75, 3.05) is 13.1 Å². The molecule has 0 unspecified atom stereocenters. The number of fused-ring (bicyclic) bond motifs is 1. The highest BCUT2D eigenvalue weighted by Crippen LogP contribution is 2.27. The first kappa shape index (κ1) is 12.2. The minimum Gasteiger partial charge on any atom is -0.489 e. The average molecular weight is 258 g/mol. The van der Waals surface area contributed by atoms with Crippen LogP contribution in [0, 0.1) is 13.8 Å². The fraction of sp³-hybridized carbons (Fsp3) is 0.400. The summed E-state index contributed by atoms with van der Waals surface area (Å²) in [4.78, 5) is 14.6. The second kappa shape index (κ2) is 4.70. The van der Waals surface area contributed by atoms with E-state index in [9.17, 15) is 4.79 Å².